The second-order valence-electron chi connectivity index (χ2n) is 7.15. The Labute approximate surface area is 193 Å². The Hall–Kier alpha value is -3.24. The molecule has 0 saturated carbocycles. The molecule has 2 aromatic carbocycles. The Morgan fingerprint density at radius 3 is 2.55 bits per heavy atom. The first-order valence-corrected chi connectivity index (χ1v) is 10.7. The van der Waals surface area contributed by atoms with Crippen LogP contribution >= 0.6 is 22.9 Å². The molecule has 1 N–H and O–H groups in total. The Bertz CT molecular complexity index is 1410. The van der Waals surface area contributed by atoms with Crippen molar-refractivity contribution in [3.8, 4) is 11.1 Å². The number of halogens is 5. The van der Waals surface area contributed by atoms with Gasteiger partial charge in [0.25, 0.3) is 5.56 Å². The molecule has 0 fully saturated rings. The predicted octanol–water partition coefficient (Wildman–Crippen LogP) is 6.14. The van der Waals surface area contributed by atoms with E-state index in [1.807, 2.05) is 0 Å². The van der Waals surface area contributed by atoms with Gasteiger partial charge >= 0.3 is 6.18 Å². The van der Waals surface area contributed by atoms with Crippen molar-refractivity contribution in [2.24, 2.45) is 0 Å². The number of fused-ring (bicyclic) bond motifs is 1. The van der Waals surface area contributed by atoms with Crippen LogP contribution < -0.4 is 10.9 Å². The van der Waals surface area contributed by atoms with Crippen LogP contribution in [0.4, 0.5) is 23.2 Å². The highest BCUT2D eigenvalue weighted by molar-refractivity contribution is 7.17. The molecule has 2 heterocycles. The number of hydrogen-bond acceptors (Lipinski definition) is 4. The van der Waals surface area contributed by atoms with E-state index in [9.17, 15) is 27.2 Å². The fourth-order valence-corrected chi connectivity index (χ4v) is 4.30. The van der Waals surface area contributed by atoms with Gasteiger partial charge in [0, 0.05) is 10.9 Å². The number of nitrogens with one attached hydrogen (secondary N) is 1. The summed E-state index contributed by atoms with van der Waals surface area (Å²) >= 11 is 7.17. The Kier molecular flexibility index (Phi) is 5.98. The van der Waals surface area contributed by atoms with E-state index in [0.29, 0.717) is 16.0 Å². The Balaban J connectivity index is 1.69. The highest BCUT2D eigenvalue weighted by Crippen LogP contribution is 2.34. The molecule has 0 aliphatic carbocycles. The quantitative estimate of drug-likeness (QED) is 0.346. The number of anilines is 1. The third kappa shape index (κ3) is 4.49. The van der Waals surface area contributed by atoms with Crippen LogP contribution in [-0.2, 0) is 11.0 Å². The summed E-state index contributed by atoms with van der Waals surface area (Å²) in [7, 11) is 0. The van der Waals surface area contributed by atoms with E-state index in [1.54, 1.807) is 5.38 Å². The van der Waals surface area contributed by atoms with Gasteiger partial charge in [0.05, 0.1) is 28.0 Å². The fraction of sp³-hybridized carbons (Fsp3) is 0.136. The van der Waals surface area contributed by atoms with Gasteiger partial charge in [-0.3, -0.25) is 14.2 Å². The van der Waals surface area contributed by atoms with Crippen molar-refractivity contribution in [1.29, 1.82) is 0 Å². The Morgan fingerprint density at radius 2 is 1.88 bits per heavy atom. The smallest absolute Gasteiger partial charge is 0.323 e. The van der Waals surface area contributed by atoms with Crippen LogP contribution in [0.25, 0.3) is 21.3 Å². The van der Waals surface area contributed by atoms with Gasteiger partial charge in [0.15, 0.2) is 0 Å². The lowest BCUT2D eigenvalue weighted by Crippen LogP contribution is -2.31. The van der Waals surface area contributed by atoms with Gasteiger partial charge in [-0.2, -0.15) is 13.2 Å². The van der Waals surface area contributed by atoms with Crippen molar-refractivity contribution >= 4 is 44.7 Å². The topological polar surface area (TPSA) is 64.0 Å². The minimum atomic E-state index is -4.61. The normalized spacial score (nSPS) is 12.7. The molecule has 4 aromatic rings. The van der Waals surface area contributed by atoms with Gasteiger partial charge in [0.2, 0.25) is 5.91 Å². The number of amides is 1. The van der Waals surface area contributed by atoms with Gasteiger partial charge in [0.1, 0.15) is 16.7 Å². The molecular weight excluding hydrogens is 482 g/mol. The zero-order valence-corrected chi connectivity index (χ0v) is 18.4. The lowest BCUT2D eigenvalue weighted by atomic mass is 10.1. The molecule has 2 aromatic heterocycles. The van der Waals surface area contributed by atoms with Crippen molar-refractivity contribution in [1.82, 2.24) is 9.55 Å². The first kappa shape index (κ1) is 22.9. The average molecular weight is 496 g/mol. The zero-order chi connectivity index (χ0) is 23.9. The molecule has 0 bridgehead atoms. The second-order valence-corrected chi connectivity index (χ2v) is 8.42. The number of benzene rings is 2. The maximum absolute atomic E-state index is 13.3. The summed E-state index contributed by atoms with van der Waals surface area (Å²) < 4.78 is 53.4. The van der Waals surface area contributed by atoms with Gasteiger partial charge in [-0.1, -0.05) is 23.7 Å². The van der Waals surface area contributed by atoms with E-state index in [2.05, 4.69) is 10.3 Å². The number of nitrogens with zero attached hydrogens (tertiary/aromatic N) is 2. The molecule has 0 aliphatic heterocycles. The number of carbonyl (C=O) groups excluding carboxylic acids is 1. The summed E-state index contributed by atoms with van der Waals surface area (Å²) in [4.78, 5) is 30.6. The molecule has 0 spiro atoms. The molecule has 33 heavy (non-hydrogen) atoms. The minimum absolute atomic E-state index is 0.0825. The molecule has 0 aliphatic rings. The van der Waals surface area contributed by atoms with Gasteiger partial charge in [-0.25, -0.2) is 9.37 Å². The van der Waals surface area contributed by atoms with E-state index in [1.165, 1.54) is 48.9 Å². The van der Waals surface area contributed by atoms with E-state index >= 15 is 0 Å². The maximum atomic E-state index is 13.3. The number of hydrogen-bond donors (Lipinski definition) is 1. The lowest BCUT2D eigenvalue weighted by Gasteiger charge is -2.17. The monoisotopic (exact) mass is 495 g/mol. The first-order valence-electron chi connectivity index (χ1n) is 9.48. The molecular formula is C22H14ClF4N3O2S. The van der Waals surface area contributed by atoms with Crippen molar-refractivity contribution in [2.45, 2.75) is 19.1 Å². The van der Waals surface area contributed by atoms with Gasteiger partial charge in [-0.05, 0) is 42.8 Å². The standard InChI is InChI=1S/C22H14ClF4N3O2S/c1-11(19(31)29-17-8-13(22(25,26)27)4-7-16(17)23)30-10-28-20-18(21(30)32)15(9-33-20)12-2-5-14(24)6-3-12/h2-11H,1H3,(H,29,31). The second kappa shape index (κ2) is 8.60. The van der Waals surface area contributed by atoms with E-state index < -0.39 is 35.1 Å². The largest absolute Gasteiger partial charge is 0.416 e. The van der Waals surface area contributed by atoms with E-state index in [-0.39, 0.29) is 16.1 Å². The predicted molar refractivity (Wildman–Crippen MR) is 119 cm³/mol. The van der Waals surface area contributed by atoms with Crippen molar-refractivity contribution in [2.75, 3.05) is 5.32 Å². The van der Waals surface area contributed by atoms with Crippen LogP contribution in [0.3, 0.4) is 0 Å². The van der Waals surface area contributed by atoms with Gasteiger partial charge in [-0.15, -0.1) is 11.3 Å². The highest BCUT2D eigenvalue weighted by atomic mass is 35.5. The van der Waals surface area contributed by atoms with Crippen LogP contribution in [0.5, 0.6) is 0 Å². The van der Waals surface area contributed by atoms with Crippen molar-refractivity contribution in [3.63, 3.8) is 0 Å². The summed E-state index contributed by atoms with van der Waals surface area (Å²) in [5.41, 5.74) is -0.578. The molecule has 4 rings (SSSR count). The third-order valence-corrected chi connectivity index (χ3v) is 6.24. The molecule has 1 atom stereocenters. The molecule has 1 amide bonds. The number of alkyl halides is 3. The lowest BCUT2D eigenvalue weighted by molar-refractivity contribution is -0.137. The van der Waals surface area contributed by atoms with Crippen molar-refractivity contribution < 1.29 is 22.4 Å². The molecule has 170 valence electrons. The SMILES string of the molecule is CC(C(=O)Nc1cc(C(F)(F)F)ccc1Cl)n1cnc2scc(-c3ccc(F)cc3)c2c1=O. The summed E-state index contributed by atoms with van der Waals surface area (Å²) in [6.45, 7) is 1.41. The molecule has 11 heteroatoms. The molecule has 1 unspecified atom stereocenters. The number of carbonyl (C=O) groups is 1. The summed E-state index contributed by atoms with van der Waals surface area (Å²) in [5.74, 6) is -1.18. The van der Waals surface area contributed by atoms with Crippen LogP contribution in [-0.4, -0.2) is 15.5 Å². The van der Waals surface area contributed by atoms with Crippen LogP contribution in [0.1, 0.15) is 18.5 Å². The number of rotatable bonds is 4. The van der Waals surface area contributed by atoms with E-state index in [0.717, 1.165) is 22.8 Å². The summed E-state index contributed by atoms with van der Waals surface area (Å²) in [5, 5.41) is 4.23. The summed E-state index contributed by atoms with van der Waals surface area (Å²) in [6, 6.07) is 7.04. The number of thiophene rings is 1. The average Bonchev–Trinajstić information content (AvgIpc) is 3.20. The Morgan fingerprint density at radius 1 is 1.18 bits per heavy atom. The molecule has 0 saturated heterocycles. The highest BCUT2D eigenvalue weighted by Gasteiger charge is 2.31. The maximum Gasteiger partial charge on any atom is 0.416 e. The van der Waals surface area contributed by atoms with E-state index in [4.69, 9.17) is 11.6 Å². The molecule has 0 radical (unpaired) electrons. The van der Waals surface area contributed by atoms with Crippen LogP contribution in [0.15, 0.2) is 59.0 Å². The molecule has 5 nitrogen and oxygen atoms in total. The van der Waals surface area contributed by atoms with Crippen LogP contribution in [0.2, 0.25) is 5.02 Å². The van der Waals surface area contributed by atoms with Crippen LogP contribution in [0, 0.1) is 5.82 Å². The minimum Gasteiger partial charge on any atom is -0.323 e. The number of aromatic nitrogens is 2. The third-order valence-electron chi connectivity index (χ3n) is 5.02. The first-order chi connectivity index (χ1) is 15.6. The van der Waals surface area contributed by atoms with Gasteiger partial charge < -0.3 is 5.32 Å². The zero-order valence-electron chi connectivity index (χ0n) is 16.8. The summed E-state index contributed by atoms with van der Waals surface area (Å²) in [6.07, 6.45) is -3.41. The van der Waals surface area contributed by atoms with Crippen molar-refractivity contribution in [3.05, 3.63) is 80.9 Å². The fourth-order valence-electron chi connectivity index (χ4n) is 3.22.